The quantitative estimate of drug-likeness (QED) is 0.308. The van der Waals surface area contributed by atoms with Gasteiger partial charge in [0.1, 0.15) is 0 Å². The lowest BCUT2D eigenvalue weighted by Gasteiger charge is -2.64. The van der Waals surface area contributed by atoms with Crippen LogP contribution in [-0.4, -0.2) is 56.4 Å². The Morgan fingerprint density at radius 3 is 2.22 bits per heavy atom. The summed E-state index contributed by atoms with van der Waals surface area (Å²) in [6, 6.07) is -0.867. The molecule has 12 atom stereocenters. The summed E-state index contributed by atoms with van der Waals surface area (Å²) in [5, 5.41) is 40.6. The lowest BCUT2D eigenvalue weighted by molar-refractivity contribution is -0.197. The van der Waals surface area contributed by atoms with Crippen molar-refractivity contribution >= 4 is 17.7 Å². The van der Waals surface area contributed by atoms with Crippen LogP contribution >= 0.6 is 0 Å². The molecule has 37 heavy (non-hydrogen) atoms. The highest BCUT2D eigenvalue weighted by molar-refractivity contribution is 5.87. The fourth-order valence-corrected chi connectivity index (χ4v) is 9.94. The summed E-state index contributed by atoms with van der Waals surface area (Å²) in [6.07, 6.45) is 5.10. The summed E-state index contributed by atoms with van der Waals surface area (Å²) in [4.78, 5) is 36.0. The Balaban J connectivity index is 1.61. The number of aliphatic carboxylic acids is 2. The molecule has 4 saturated carbocycles. The average Bonchev–Trinajstić information content (AvgIpc) is 3.18. The molecule has 8 heteroatoms. The monoisotopic (exact) mass is 521 g/mol. The van der Waals surface area contributed by atoms with Crippen molar-refractivity contribution in [2.45, 2.75) is 110 Å². The first-order chi connectivity index (χ1) is 17.3. The molecule has 0 aromatic carbocycles. The van der Waals surface area contributed by atoms with E-state index in [1.54, 1.807) is 0 Å². The van der Waals surface area contributed by atoms with E-state index in [0.29, 0.717) is 43.4 Å². The van der Waals surface area contributed by atoms with Crippen molar-refractivity contribution in [1.29, 1.82) is 0 Å². The Hall–Kier alpha value is -1.51. The zero-order chi connectivity index (χ0) is 27.3. The topological polar surface area (TPSA) is 158 Å². The van der Waals surface area contributed by atoms with Gasteiger partial charge in [-0.05, 0) is 104 Å². The number of hydrogen-bond donors (Lipinski definition) is 5. The van der Waals surface area contributed by atoms with Gasteiger partial charge in [0, 0.05) is 18.8 Å². The molecule has 0 bridgehead atoms. The summed E-state index contributed by atoms with van der Waals surface area (Å²) in [7, 11) is 0. The van der Waals surface area contributed by atoms with E-state index in [1.807, 2.05) is 0 Å². The molecule has 0 aromatic rings. The number of carbonyl (C=O) groups is 3. The van der Waals surface area contributed by atoms with Crippen molar-refractivity contribution in [2.75, 3.05) is 0 Å². The van der Waals surface area contributed by atoms with Gasteiger partial charge < -0.3 is 26.2 Å². The van der Waals surface area contributed by atoms with Crippen LogP contribution in [0.25, 0.3) is 0 Å². The van der Waals surface area contributed by atoms with Crippen LogP contribution in [-0.2, 0) is 14.4 Å². The minimum atomic E-state index is -0.975. The van der Waals surface area contributed by atoms with Gasteiger partial charge in [0.2, 0.25) is 0 Å². The van der Waals surface area contributed by atoms with Gasteiger partial charge in [-0.3, -0.25) is 14.4 Å². The second kappa shape index (κ2) is 10.6. The summed E-state index contributed by atoms with van der Waals surface area (Å²) in [6.45, 7) is 6.71. The Bertz CT molecular complexity index is 893. The van der Waals surface area contributed by atoms with Crippen molar-refractivity contribution in [3.05, 3.63) is 0 Å². The molecule has 0 aliphatic heterocycles. The lowest BCUT2D eigenvalue weighted by atomic mass is 9.41. The number of aliphatic hydroxyl groups is 2. The third-order valence-corrected chi connectivity index (χ3v) is 11.7. The number of nitrogens with two attached hydrogens (primary N) is 1. The van der Waals surface area contributed by atoms with Crippen LogP contribution in [0.15, 0.2) is 0 Å². The number of ketones is 1. The van der Waals surface area contributed by atoms with Crippen molar-refractivity contribution in [3.8, 4) is 0 Å². The molecule has 4 rings (SSSR count). The van der Waals surface area contributed by atoms with E-state index in [9.17, 15) is 29.7 Å². The summed E-state index contributed by atoms with van der Waals surface area (Å²) < 4.78 is 0. The second-order valence-corrected chi connectivity index (χ2v) is 13.4. The largest absolute Gasteiger partial charge is 0.481 e. The van der Waals surface area contributed by atoms with Crippen LogP contribution in [0.5, 0.6) is 0 Å². The minimum absolute atomic E-state index is 0.0178. The molecule has 4 aliphatic rings. The Labute approximate surface area is 220 Å². The molecule has 0 saturated heterocycles. The van der Waals surface area contributed by atoms with Gasteiger partial charge in [0.25, 0.3) is 0 Å². The standard InChI is InChI=1S/C29H47NO7/c1-15(4-8-24(33)34)18-5-6-19-26-20(10-11-28(18,19)2)29(3)16(13-23(26)32)12-17(31)14-21(29)27(37)22(30)7-9-25(35)36/h15-23,26,31-32H,4-14,30H2,1-3H3,(H,33,34)(H,35,36)/t15-,16?,17+,18-,19+,20+,21?,22+,23-,26+,28-,29+/m1/s1. The summed E-state index contributed by atoms with van der Waals surface area (Å²) in [5.74, 6) is -1.04. The predicted octanol–water partition coefficient (Wildman–Crippen LogP) is 3.47. The second-order valence-electron chi connectivity index (χ2n) is 13.4. The highest BCUT2D eigenvalue weighted by Crippen LogP contribution is 2.69. The van der Waals surface area contributed by atoms with E-state index in [1.165, 1.54) is 0 Å². The Kier molecular flexibility index (Phi) is 8.14. The number of Topliss-reactive ketones (excluding diaryl/α,β-unsaturated/α-hetero) is 1. The van der Waals surface area contributed by atoms with E-state index >= 15 is 0 Å². The SMILES string of the molecule is C[C@H](CCC(=O)O)[C@H]1CC[C@H]2[C@@H]3[C@H](O)CC4C[C@H](O)CC(C(=O)[C@@H](N)CCC(=O)O)[C@]4(C)[C@H]3CC[C@]12C. The molecule has 0 heterocycles. The first kappa shape index (κ1) is 28.5. The molecule has 0 spiro atoms. The molecule has 210 valence electrons. The van der Waals surface area contributed by atoms with Gasteiger partial charge >= 0.3 is 11.9 Å². The molecular weight excluding hydrogens is 474 g/mol. The molecule has 4 aliphatic carbocycles. The van der Waals surface area contributed by atoms with E-state index in [2.05, 4.69) is 20.8 Å². The van der Waals surface area contributed by atoms with Crippen molar-refractivity contribution in [2.24, 2.45) is 58.0 Å². The van der Waals surface area contributed by atoms with Crippen LogP contribution in [0.1, 0.15) is 91.4 Å². The molecule has 6 N–H and O–H groups in total. The number of fused-ring (bicyclic) bond motifs is 5. The highest BCUT2D eigenvalue weighted by atomic mass is 16.4. The number of aliphatic hydroxyl groups excluding tert-OH is 2. The maximum absolute atomic E-state index is 13.7. The molecule has 0 aromatic heterocycles. The smallest absolute Gasteiger partial charge is 0.303 e. The molecule has 0 amide bonds. The first-order valence-corrected chi connectivity index (χ1v) is 14.4. The van der Waals surface area contributed by atoms with E-state index in [0.717, 1.165) is 25.7 Å². The average molecular weight is 522 g/mol. The van der Waals surface area contributed by atoms with Crippen LogP contribution in [0.2, 0.25) is 0 Å². The van der Waals surface area contributed by atoms with Crippen LogP contribution in [0, 0.1) is 52.3 Å². The molecule has 8 nitrogen and oxygen atoms in total. The predicted molar refractivity (Wildman–Crippen MR) is 137 cm³/mol. The molecule has 0 radical (unpaired) electrons. The van der Waals surface area contributed by atoms with Crippen molar-refractivity contribution < 1.29 is 34.8 Å². The van der Waals surface area contributed by atoms with Crippen molar-refractivity contribution in [3.63, 3.8) is 0 Å². The zero-order valence-electron chi connectivity index (χ0n) is 22.6. The maximum Gasteiger partial charge on any atom is 0.303 e. The fraction of sp³-hybridized carbons (Fsp3) is 0.897. The number of carbonyl (C=O) groups excluding carboxylic acids is 1. The molecular formula is C29H47NO7. The summed E-state index contributed by atoms with van der Waals surface area (Å²) in [5.41, 5.74) is 5.88. The highest BCUT2D eigenvalue weighted by Gasteiger charge is 2.65. The van der Waals surface area contributed by atoms with Crippen LogP contribution < -0.4 is 5.73 Å². The van der Waals surface area contributed by atoms with Crippen LogP contribution in [0.4, 0.5) is 0 Å². The van der Waals surface area contributed by atoms with E-state index < -0.39 is 41.5 Å². The maximum atomic E-state index is 13.7. The van der Waals surface area contributed by atoms with E-state index in [4.69, 9.17) is 10.8 Å². The normalized spacial score (nSPS) is 44.7. The molecule has 4 fully saturated rings. The van der Waals surface area contributed by atoms with Gasteiger partial charge in [0.05, 0.1) is 18.2 Å². The Morgan fingerprint density at radius 1 is 0.919 bits per heavy atom. The van der Waals surface area contributed by atoms with Gasteiger partial charge in [-0.25, -0.2) is 0 Å². The third kappa shape index (κ3) is 4.98. The van der Waals surface area contributed by atoms with Crippen molar-refractivity contribution in [1.82, 2.24) is 0 Å². The number of hydrogen-bond acceptors (Lipinski definition) is 6. The van der Waals surface area contributed by atoms with E-state index in [-0.39, 0.29) is 48.2 Å². The Morgan fingerprint density at radius 2 is 1.57 bits per heavy atom. The minimum Gasteiger partial charge on any atom is -0.481 e. The number of rotatable bonds is 9. The first-order valence-electron chi connectivity index (χ1n) is 14.4. The lowest BCUT2D eigenvalue weighted by Crippen LogP contribution is -2.63. The number of carboxylic acids is 2. The number of carboxylic acid groups (broad SMARTS) is 2. The van der Waals surface area contributed by atoms with Crippen LogP contribution in [0.3, 0.4) is 0 Å². The van der Waals surface area contributed by atoms with Gasteiger partial charge in [-0.1, -0.05) is 20.8 Å². The molecule has 2 unspecified atom stereocenters. The zero-order valence-corrected chi connectivity index (χ0v) is 22.6. The summed E-state index contributed by atoms with van der Waals surface area (Å²) >= 11 is 0. The third-order valence-electron chi connectivity index (χ3n) is 11.7. The van der Waals surface area contributed by atoms with Gasteiger partial charge in [0.15, 0.2) is 5.78 Å². The van der Waals surface area contributed by atoms with Gasteiger partial charge in [-0.2, -0.15) is 0 Å². The van der Waals surface area contributed by atoms with Gasteiger partial charge in [-0.15, -0.1) is 0 Å². The fourth-order valence-electron chi connectivity index (χ4n) is 9.94.